The van der Waals surface area contributed by atoms with E-state index in [0.717, 1.165) is 36.4 Å². The van der Waals surface area contributed by atoms with Crippen LogP contribution in [0.5, 0.6) is 0 Å². The van der Waals surface area contributed by atoms with E-state index in [1.54, 1.807) is 0 Å². The lowest BCUT2D eigenvalue weighted by molar-refractivity contribution is -0.148. The number of nitrogens with zero attached hydrogens (tertiary/aromatic N) is 3. The Morgan fingerprint density at radius 2 is 1.86 bits per heavy atom. The van der Waals surface area contributed by atoms with Crippen LogP contribution >= 0.6 is 11.6 Å². The van der Waals surface area contributed by atoms with E-state index < -0.39 is 22.8 Å². The van der Waals surface area contributed by atoms with Gasteiger partial charge in [0.2, 0.25) is 0 Å². The predicted molar refractivity (Wildman–Crippen MR) is 103 cm³/mol. The highest BCUT2D eigenvalue weighted by Gasteiger charge is 2.46. The minimum absolute atomic E-state index is 0.0374. The number of aromatic nitrogens is 2. The average Bonchev–Trinajstić information content (AvgIpc) is 3.03. The Bertz CT molecular complexity index is 970. The molecular formula is C20H22ClF2N3O2. The number of ether oxygens (including phenoxy) is 1. The molecule has 2 fully saturated rings. The third-order valence-electron chi connectivity index (χ3n) is 5.44. The van der Waals surface area contributed by atoms with Crippen molar-refractivity contribution in [1.82, 2.24) is 9.78 Å². The summed E-state index contributed by atoms with van der Waals surface area (Å²) in [6.07, 6.45) is 5.63. The van der Waals surface area contributed by atoms with Gasteiger partial charge in [0.05, 0.1) is 23.1 Å². The van der Waals surface area contributed by atoms with Crippen LogP contribution in [0.2, 0.25) is 5.02 Å². The molecule has 1 aromatic heterocycles. The first-order chi connectivity index (χ1) is 13.2. The molecule has 0 atom stereocenters. The summed E-state index contributed by atoms with van der Waals surface area (Å²) in [5.74, 6) is -1.61. The van der Waals surface area contributed by atoms with Crippen LogP contribution in [0.25, 0.3) is 5.69 Å². The molecule has 2 aliphatic rings. The summed E-state index contributed by atoms with van der Waals surface area (Å²) in [4.78, 5) is 14.8. The standard InChI is InChI=1S/C20H22ClF2N3O2/c1-19(2)11-25(12-20(28-19)7-3-4-8-20)16-10-24-26(18(27)17(16)21)15-6-5-13(22)9-14(15)23/h5-6,9-10H,3-4,7-8,11-12H2,1-2H3. The van der Waals surface area contributed by atoms with Gasteiger partial charge in [0, 0.05) is 19.2 Å². The Morgan fingerprint density at radius 1 is 1.14 bits per heavy atom. The Morgan fingerprint density at radius 3 is 2.54 bits per heavy atom. The fourth-order valence-corrected chi connectivity index (χ4v) is 4.68. The lowest BCUT2D eigenvalue weighted by atomic mass is 9.94. The molecule has 1 saturated carbocycles. The molecule has 1 saturated heterocycles. The van der Waals surface area contributed by atoms with Gasteiger partial charge in [0.25, 0.3) is 5.56 Å². The minimum Gasteiger partial charge on any atom is -0.365 e. The summed E-state index contributed by atoms with van der Waals surface area (Å²) in [5.41, 5.74) is -0.927. The summed E-state index contributed by atoms with van der Waals surface area (Å²) in [6.45, 7) is 5.24. The molecule has 28 heavy (non-hydrogen) atoms. The van der Waals surface area contributed by atoms with E-state index in [1.165, 1.54) is 12.3 Å². The fraction of sp³-hybridized carbons (Fsp3) is 0.500. The average molecular weight is 410 g/mol. The van der Waals surface area contributed by atoms with E-state index in [0.29, 0.717) is 24.8 Å². The highest BCUT2D eigenvalue weighted by molar-refractivity contribution is 6.33. The van der Waals surface area contributed by atoms with Gasteiger partial charge in [0.1, 0.15) is 16.5 Å². The third kappa shape index (κ3) is 3.42. The molecule has 1 aliphatic heterocycles. The number of halogens is 3. The van der Waals surface area contributed by atoms with Crippen molar-refractivity contribution in [3.8, 4) is 5.69 Å². The van der Waals surface area contributed by atoms with Crippen molar-refractivity contribution in [2.75, 3.05) is 18.0 Å². The van der Waals surface area contributed by atoms with Crippen molar-refractivity contribution >= 4 is 17.3 Å². The van der Waals surface area contributed by atoms with E-state index in [-0.39, 0.29) is 16.3 Å². The molecule has 0 unspecified atom stereocenters. The van der Waals surface area contributed by atoms with E-state index in [1.807, 2.05) is 18.7 Å². The molecule has 1 spiro atoms. The molecule has 0 radical (unpaired) electrons. The van der Waals surface area contributed by atoms with Crippen molar-refractivity contribution in [2.24, 2.45) is 0 Å². The molecule has 0 amide bonds. The Kier molecular flexibility index (Phi) is 4.70. The number of rotatable bonds is 2. The largest absolute Gasteiger partial charge is 0.365 e. The lowest BCUT2D eigenvalue weighted by Gasteiger charge is -2.49. The zero-order valence-electron chi connectivity index (χ0n) is 15.8. The molecular weight excluding hydrogens is 388 g/mol. The Balaban J connectivity index is 1.73. The van der Waals surface area contributed by atoms with Crippen LogP contribution in [-0.2, 0) is 4.74 Å². The van der Waals surface area contributed by atoms with Crippen LogP contribution in [0.4, 0.5) is 14.5 Å². The van der Waals surface area contributed by atoms with Crippen molar-refractivity contribution in [2.45, 2.75) is 50.7 Å². The summed E-state index contributed by atoms with van der Waals surface area (Å²) < 4.78 is 34.5. The van der Waals surface area contributed by atoms with Gasteiger partial charge in [-0.05, 0) is 38.8 Å². The number of anilines is 1. The van der Waals surface area contributed by atoms with Crippen molar-refractivity contribution in [1.29, 1.82) is 0 Å². The number of hydrogen-bond acceptors (Lipinski definition) is 4. The molecule has 2 aromatic rings. The molecule has 150 valence electrons. The summed E-state index contributed by atoms with van der Waals surface area (Å²) in [7, 11) is 0. The predicted octanol–water partition coefficient (Wildman–Crippen LogP) is 4.09. The maximum Gasteiger partial charge on any atom is 0.292 e. The van der Waals surface area contributed by atoms with Gasteiger partial charge < -0.3 is 9.64 Å². The van der Waals surface area contributed by atoms with E-state index in [2.05, 4.69) is 5.10 Å². The van der Waals surface area contributed by atoms with Crippen LogP contribution in [0.1, 0.15) is 39.5 Å². The Hall–Kier alpha value is -1.99. The van der Waals surface area contributed by atoms with Gasteiger partial charge in [-0.3, -0.25) is 4.79 Å². The first kappa shape index (κ1) is 19.3. The first-order valence-corrected chi connectivity index (χ1v) is 9.76. The van der Waals surface area contributed by atoms with Crippen LogP contribution in [-0.4, -0.2) is 34.1 Å². The molecule has 8 heteroatoms. The van der Waals surface area contributed by atoms with Gasteiger partial charge in [-0.2, -0.15) is 9.78 Å². The highest BCUT2D eigenvalue weighted by atomic mass is 35.5. The summed E-state index contributed by atoms with van der Waals surface area (Å²) in [5, 5.41) is 4.08. The van der Waals surface area contributed by atoms with Crippen LogP contribution in [0, 0.1) is 11.6 Å². The lowest BCUT2D eigenvalue weighted by Crippen LogP contribution is -2.59. The van der Waals surface area contributed by atoms with Gasteiger partial charge >= 0.3 is 0 Å². The first-order valence-electron chi connectivity index (χ1n) is 9.38. The van der Waals surface area contributed by atoms with Crippen LogP contribution in [0.15, 0.2) is 29.2 Å². The number of morpholine rings is 1. The monoisotopic (exact) mass is 409 g/mol. The van der Waals surface area contributed by atoms with E-state index in [4.69, 9.17) is 16.3 Å². The topological polar surface area (TPSA) is 47.4 Å². The zero-order chi connectivity index (χ0) is 20.1. The molecule has 4 rings (SSSR count). The minimum atomic E-state index is -0.879. The SMILES string of the molecule is CC1(C)CN(c2cnn(-c3ccc(F)cc3F)c(=O)c2Cl)CC2(CCCC2)O1. The zero-order valence-corrected chi connectivity index (χ0v) is 16.6. The molecule has 5 nitrogen and oxygen atoms in total. The second kappa shape index (κ2) is 6.81. The molecule has 0 bridgehead atoms. The van der Waals surface area contributed by atoms with E-state index >= 15 is 0 Å². The Labute approximate surface area is 166 Å². The van der Waals surface area contributed by atoms with Gasteiger partial charge in [-0.1, -0.05) is 24.4 Å². The highest BCUT2D eigenvalue weighted by Crippen LogP contribution is 2.42. The molecule has 1 aromatic carbocycles. The van der Waals surface area contributed by atoms with Gasteiger partial charge in [-0.15, -0.1) is 0 Å². The van der Waals surface area contributed by atoms with Gasteiger partial charge in [-0.25, -0.2) is 8.78 Å². The second-order valence-corrected chi connectivity index (χ2v) is 8.64. The van der Waals surface area contributed by atoms with Crippen molar-refractivity contribution in [3.63, 3.8) is 0 Å². The summed E-state index contributed by atoms with van der Waals surface area (Å²) >= 11 is 6.40. The third-order valence-corrected chi connectivity index (χ3v) is 5.79. The van der Waals surface area contributed by atoms with Crippen LogP contribution < -0.4 is 10.5 Å². The number of benzene rings is 1. The maximum atomic E-state index is 14.1. The van der Waals surface area contributed by atoms with Gasteiger partial charge in [0.15, 0.2) is 5.82 Å². The molecule has 2 heterocycles. The van der Waals surface area contributed by atoms with Crippen molar-refractivity contribution < 1.29 is 13.5 Å². The summed E-state index contributed by atoms with van der Waals surface area (Å²) in [6, 6.07) is 2.95. The normalized spacial score (nSPS) is 20.7. The second-order valence-electron chi connectivity index (χ2n) is 8.26. The van der Waals surface area contributed by atoms with E-state index in [9.17, 15) is 13.6 Å². The maximum absolute atomic E-state index is 14.1. The molecule has 1 aliphatic carbocycles. The smallest absolute Gasteiger partial charge is 0.292 e. The van der Waals surface area contributed by atoms with Crippen molar-refractivity contribution in [3.05, 3.63) is 51.4 Å². The van der Waals surface area contributed by atoms with Crippen LogP contribution in [0.3, 0.4) is 0 Å². The quantitative estimate of drug-likeness (QED) is 0.749. The number of hydrogen-bond donors (Lipinski definition) is 0. The fourth-order valence-electron chi connectivity index (χ4n) is 4.43. The molecule has 0 N–H and O–H groups in total.